The topological polar surface area (TPSA) is 75.4 Å². The number of benzene rings is 1. The Balaban J connectivity index is 1.45. The van der Waals surface area contributed by atoms with Gasteiger partial charge in [0, 0.05) is 36.2 Å². The minimum atomic E-state index is -0.118. The Hall–Kier alpha value is -3.41. The van der Waals surface area contributed by atoms with Crippen molar-refractivity contribution in [2.75, 3.05) is 12.4 Å². The third kappa shape index (κ3) is 3.85. The fourth-order valence-corrected chi connectivity index (χ4v) is 3.76. The lowest BCUT2D eigenvalue weighted by atomic mass is 9.92. The van der Waals surface area contributed by atoms with E-state index in [9.17, 15) is 9.59 Å². The van der Waals surface area contributed by atoms with Crippen molar-refractivity contribution in [1.29, 1.82) is 0 Å². The molecular formula is C24H25N3O3. The number of likely N-dealkylation sites (N-methyl/N-ethyl adjacent to an activating group) is 1. The molecular weight excluding hydrogens is 378 g/mol. The van der Waals surface area contributed by atoms with Gasteiger partial charge < -0.3 is 14.6 Å². The first-order valence-electron chi connectivity index (χ1n) is 10.2. The molecule has 1 aliphatic rings. The van der Waals surface area contributed by atoms with Crippen LogP contribution >= 0.6 is 0 Å². The number of carbonyl (C=O) groups is 2. The first-order chi connectivity index (χ1) is 14.5. The predicted octanol–water partition coefficient (Wildman–Crippen LogP) is 4.33. The fourth-order valence-electron chi connectivity index (χ4n) is 3.76. The Morgan fingerprint density at radius 3 is 2.93 bits per heavy atom. The van der Waals surface area contributed by atoms with Crippen LogP contribution in [0.1, 0.15) is 35.8 Å². The van der Waals surface area contributed by atoms with Gasteiger partial charge in [0.2, 0.25) is 11.8 Å². The zero-order valence-electron chi connectivity index (χ0n) is 17.4. The van der Waals surface area contributed by atoms with E-state index in [4.69, 9.17) is 4.42 Å². The monoisotopic (exact) mass is 403 g/mol. The van der Waals surface area contributed by atoms with Gasteiger partial charge in [-0.15, -0.1) is 0 Å². The molecule has 0 fully saturated rings. The average molecular weight is 403 g/mol. The summed E-state index contributed by atoms with van der Waals surface area (Å²) in [6.45, 7) is 4.41. The first kappa shape index (κ1) is 19.9. The molecule has 0 radical (unpaired) electrons. The normalized spacial score (nSPS) is 16.0. The Labute approximate surface area is 175 Å². The van der Waals surface area contributed by atoms with Crippen molar-refractivity contribution in [2.24, 2.45) is 5.92 Å². The number of nitrogens with zero attached hydrogens (tertiary/aromatic N) is 2. The summed E-state index contributed by atoms with van der Waals surface area (Å²) in [4.78, 5) is 30.5. The SMILES string of the molecule is CCC1Cc2cc(/C=C/C(=O)N(C)Cc3oc4ccccc4c3C)cnc2NC1=O. The van der Waals surface area contributed by atoms with Crippen molar-refractivity contribution in [3.63, 3.8) is 0 Å². The second-order valence-electron chi connectivity index (χ2n) is 7.75. The minimum absolute atomic E-state index is 0.0264. The molecule has 0 aliphatic carbocycles. The number of fused-ring (bicyclic) bond motifs is 2. The van der Waals surface area contributed by atoms with Gasteiger partial charge >= 0.3 is 0 Å². The Bertz CT molecular complexity index is 1150. The molecule has 30 heavy (non-hydrogen) atoms. The summed E-state index contributed by atoms with van der Waals surface area (Å²) >= 11 is 0. The highest BCUT2D eigenvalue weighted by Crippen LogP contribution is 2.27. The van der Waals surface area contributed by atoms with Crippen LogP contribution in [0.3, 0.4) is 0 Å². The lowest BCUT2D eigenvalue weighted by molar-refractivity contribution is -0.125. The van der Waals surface area contributed by atoms with Crippen LogP contribution in [0.4, 0.5) is 5.82 Å². The van der Waals surface area contributed by atoms with Gasteiger partial charge in [0.05, 0.1) is 6.54 Å². The molecule has 3 aromatic rings. The van der Waals surface area contributed by atoms with E-state index in [2.05, 4.69) is 10.3 Å². The fraction of sp³-hybridized carbons (Fsp3) is 0.292. The molecule has 0 spiro atoms. The lowest BCUT2D eigenvalue weighted by Gasteiger charge is -2.22. The standard InChI is InChI=1S/C24H25N3O3/c1-4-17-12-18-11-16(13-25-23(18)26-24(17)29)9-10-22(28)27(3)14-21-15(2)19-7-5-6-8-20(19)30-21/h5-11,13,17H,4,12,14H2,1-3H3,(H,25,26,29)/b10-9+. The van der Waals surface area contributed by atoms with E-state index in [1.807, 2.05) is 44.2 Å². The highest BCUT2D eigenvalue weighted by molar-refractivity contribution is 5.95. The molecule has 1 aromatic carbocycles. The Morgan fingerprint density at radius 2 is 2.17 bits per heavy atom. The van der Waals surface area contributed by atoms with Crippen LogP contribution in [-0.2, 0) is 22.6 Å². The third-order valence-electron chi connectivity index (χ3n) is 5.68. The van der Waals surface area contributed by atoms with Crippen molar-refractivity contribution in [2.45, 2.75) is 33.2 Å². The summed E-state index contributed by atoms with van der Waals surface area (Å²) in [6.07, 6.45) is 6.43. The van der Waals surface area contributed by atoms with Crippen molar-refractivity contribution in [3.05, 3.63) is 65.1 Å². The molecule has 1 unspecified atom stereocenters. The molecule has 1 N–H and O–H groups in total. The zero-order valence-corrected chi connectivity index (χ0v) is 17.4. The second-order valence-corrected chi connectivity index (χ2v) is 7.75. The molecule has 0 saturated heterocycles. The molecule has 6 nitrogen and oxygen atoms in total. The average Bonchev–Trinajstić information content (AvgIpc) is 3.07. The van der Waals surface area contributed by atoms with Crippen LogP contribution in [0, 0.1) is 12.8 Å². The van der Waals surface area contributed by atoms with E-state index in [1.165, 1.54) is 0 Å². The number of amides is 2. The second kappa shape index (κ2) is 8.14. The smallest absolute Gasteiger partial charge is 0.246 e. The molecule has 154 valence electrons. The molecule has 3 heterocycles. The maximum atomic E-state index is 12.6. The number of carbonyl (C=O) groups excluding carboxylic acids is 2. The van der Waals surface area contributed by atoms with Crippen LogP contribution in [0.25, 0.3) is 17.0 Å². The summed E-state index contributed by atoms with van der Waals surface area (Å²) in [7, 11) is 1.76. The molecule has 0 bridgehead atoms. The van der Waals surface area contributed by atoms with Crippen LogP contribution in [0.15, 0.2) is 47.0 Å². The van der Waals surface area contributed by atoms with Gasteiger partial charge in [-0.1, -0.05) is 25.1 Å². The summed E-state index contributed by atoms with van der Waals surface area (Å²) in [6, 6.07) is 9.86. The van der Waals surface area contributed by atoms with Gasteiger partial charge in [0.1, 0.15) is 17.2 Å². The molecule has 0 saturated carbocycles. The van der Waals surface area contributed by atoms with Crippen LogP contribution in [0.2, 0.25) is 0 Å². The third-order valence-corrected chi connectivity index (χ3v) is 5.68. The van der Waals surface area contributed by atoms with Gasteiger partial charge in [0.15, 0.2) is 0 Å². The van der Waals surface area contributed by atoms with Crippen molar-refractivity contribution < 1.29 is 14.0 Å². The van der Waals surface area contributed by atoms with E-state index in [-0.39, 0.29) is 17.7 Å². The van der Waals surface area contributed by atoms with E-state index in [0.717, 1.165) is 39.8 Å². The van der Waals surface area contributed by atoms with Crippen LogP contribution in [-0.4, -0.2) is 28.7 Å². The maximum Gasteiger partial charge on any atom is 0.246 e. The van der Waals surface area contributed by atoms with Crippen molar-refractivity contribution >= 4 is 34.7 Å². The van der Waals surface area contributed by atoms with Crippen molar-refractivity contribution in [3.8, 4) is 0 Å². The summed E-state index contributed by atoms with van der Waals surface area (Å²) in [5, 5.41) is 3.93. The number of anilines is 1. The Kier molecular flexibility index (Phi) is 5.40. The first-order valence-corrected chi connectivity index (χ1v) is 10.2. The van der Waals surface area contributed by atoms with Crippen LogP contribution < -0.4 is 5.32 Å². The molecule has 6 heteroatoms. The lowest BCUT2D eigenvalue weighted by Crippen LogP contribution is -2.30. The number of hydrogen-bond donors (Lipinski definition) is 1. The molecule has 4 rings (SSSR count). The van der Waals surface area contributed by atoms with Gasteiger partial charge in [-0.25, -0.2) is 4.98 Å². The highest BCUT2D eigenvalue weighted by atomic mass is 16.3. The number of pyridine rings is 1. The molecule has 1 atom stereocenters. The molecule has 2 aromatic heterocycles. The number of aromatic nitrogens is 1. The summed E-state index contributed by atoms with van der Waals surface area (Å²) < 4.78 is 5.91. The largest absolute Gasteiger partial charge is 0.459 e. The highest BCUT2D eigenvalue weighted by Gasteiger charge is 2.25. The summed E-state index contributed by atoms with van der Waals surface area (Å²) in [5.74, 6) is 1.28. The Morgan fingerprint density at radius 1 is 1.37 bits per heavy atom. The summed E-state index contributed by atoms with van der Waals surface area (Å²) in [5.41, 5.74) is 3.73. The maximum absolute atomic E-state index is 12.6. The van der Waals surface area contributed by atoms with E-state index >= 15 is 0 Å². The number of hydrogen-bond acceptors (Lipinski definition) is 4. The van der Waals surface area contributed by atoms with Crippen molar-refractivity contribution in [1.82, 2.24) is 9.88 Å². The van der Waals surface area contributed by atoms with Gasteiger partial charge in [-0.05, 0) is 49.1 Å². The van der Waals surface area contributed by atoms with Gasteiger partial charge in [-0.3, -0.25) is 9.59 Å². The quantitative estimate of drug-likeness (QED) is 0.644. The minimum Gasteiger partial charge on any atom is -0.459 e. The number of furan rings is 1. The van der Waals surface area contributed by atoms with E-state index in [1.54, 1.807) is 30.3 Å². The van der Waals surface area contributed by atoms with Gasteiger partial charge in [0.25, 0.3) is 0 Å². The number of rotatable bonds is 5. The van der Waals surface area contributed by atoms with E-state index in [0.29, 0.717) is 18.8 Å². The van der Waals surface area contributed by atoms with Gasteiger partial charge in [-0.2, -0.15) is 0 Å². The predicted molar refractivity (Wildman–Crippen MR) is 117 cm³/mol. The number of nitrogens with one attached hydrogen (secondary N) is 1. The number of aryl methyl sites for hydroxylation is 1. The molecule has 1 aliphatic heterocycles. The number of para-hydroxylation sites is 1. The van der Waals surface area contributed by atoms with Crippen LogP contribution in [0.5, 0.6) is 0 Å². The zero-order chi connectivity index (χ0) is 21.3. The molecule has 2 amide bonds. The van der Waals surface area contributed by atoms with E-state index < -0.39 is 0 Å².